The van der Waals surface area contributed by atoms with Crippen LogP contribution in [0.15, 0.2) is 24.3 Å². The molecule has 0 atom stereocenters. The fourth-order valence-electron chi connectivity index (χ4n) is 2.85. The fourth-order valence-corrected chi connectivity index (χ4v) is 2.98. The van der Waals surface area contributed by atoms with Gasteiger partial charge in [-0.05, 0) is 43.5 Å². The van der Waals surface area contributed by atoms with Crippen molar-refractivity contribution in [1.29, 1.82) is 0 Å². The van der Waals surface area contributed by atoms with Crippen LogP contribution in [0.1, 0.15) is 49.4 Å². The van der Waals surface area contributed by atoms with Crippen molar-refractivity contribution in [3.05, 3.63) is 34.9 Å². The quantitative estimate of drug-likeness (QED) is 0.808. The van der Waals surface area contributed by atoms with Gasteiger partial charge in [0.05, 0.1) is 0 Å². The first kappa shape index (κ1) is 17.8. The maximum absolute atomic E-state index is 12.4. The summed E-state index contributed by atoms with van der Waals surface area (Å²) in [5, 5.41) is 3.64. The number of nitrogens with one attached hydrogen (secondary N) is 1. The molecule has 1 aromatic rings. The van der Waals surface area contributed by atoms with Gasteiger partial charge in [0, 0.05) is 36.1 Å². The highest BCUT2D eigenvalue weighted by Crippen LogP contribution is 2.20. The number of piperidine rings is 1. The van der Waals surface area contributed by atoms with Crippen LogP contribution in [0.3, 0.4) is 0 Å². The van der Waals surface area contributed by atoms with Crippen LogP contribution in [0.4, 0.5) is 0 Å². The number of hydrogen-bond acceptors (Lipinski definition) is 2. The first-order valence-electron chi connectivity index (χ1n) is 8.44. The van der Waals surface area contributed by atoms with Gasteiger partial charge in [-0.15, -0.1) is 0 Å². The number of nitrogens with zero attached hydrogens (tertiary/aromatic N) is 1. The van der Waals surface area contributed by atoms with Crippen molar-refractivity contribution in [2.24, 2.45) is 5.92 Å². The largest absolute Gasteiger partial charge is 0.356 e. The second kappa shape index (κ2) is 8.92. The van der Waals surface area contributed by atoms with E-state index in [1.54, 1.807) is 24.3 Å². The Morgan fingerprint density at radius 3 is 2.43 bits per heavy atom. The number of unbranched alkanes of at least 4 members (excludes halogenated alkanes) is 2. The number of rotatable bonds is 6. The van der Waals surface area contributed by atoms with E-state index in [9.17, 15) is 9.59 Å². The van der Waals surface area contributed by atoms with E-state index in [1.165, 1.54) is 0 Å². The lowest BCUT2D eigenvalue weighted by molar-refractivity contribution is -0.126. The van der Waals surface area contributed by atoms with Crippen LogP contribution in [0.5, 0.6) is 0 Å². The Morgan fingerprint density at radius 2 is 1.83 bits per heavy atom. The molecule has 0 saturated carbocycles. The van der Waals surface area contributed by atoms with Gasteiger partial charge in [0.1, 0.15) is 0 Å². The molecule has 23 heavy (non-hydrogen) atoms. The summed E-state index contributed by atoms with van der Waals surface area (Å²) in [5.41, 5.74) is 0.650. The van der Waals surface area contributed by atoms with E-state index in [0.717, 1.165) is 38.6 Å². The summed E-state index contributed by atoms with van der Waals surface area (Å²) in [6, 6.07) is 6.95. The normalized spacial score (nSPS) is 15.5. The zero-order valence-corrected chi connectivity index (χ0v) is 14.4. The standard InChI is InChI=1S/C18H25ClN2O2/c1-2-3-4-11-20-17(22)14-9-12-21(13-10-14)18(23)15-5-7-16(19)8-6-15/h5-8,14H,2-4,9-13H2,1H3,(H,20,22). The van der Waals surface area contributed by atoms with Gasteiger partial charge in [-0.2, -0.15) is 0 Å². The number of carbonyl (C=O) groups is 2. The molecule has 5 heteroatoms. The van der Waals surface area contributed by atoms with Gasteiger partial charge in [0.15, 0.2) is 0 Å². The average molecular weight is 337 g/mol. The van der Waals surface area contributed by atoms with Gasteiger partial charge in [-0.25, -0.2) is 0 Å². The summed E-state index contributed by atoms with van der Waals surface area (Å²) in [6.07, 6.45) is 4.81. The summed E-state index contributed by atoms with van der Waals surface area (Å²) < 4.78 is 0. The van der Waals surface area contributed by atoms with E-state index in [-0.39, 0.29) is 17.7 Å². The zero-order chi connectivity index (χ0) is 16.7. The number of hydrogen-bond donors (Lipinski definition) is 1. The predicted molar refractivity (Wildman–Crippen MR) is 92.6 cm³/mol. The van der Waals surface area contributed by atoms with Gasteiger partial charge in [0.2, 0.25) is 5.91 Å². The molecule has 0 bridgehead atoms. The summed E-state index contributed by atoms with van der Waals surface area (Å²) in [4.78, 5) is 26.4. The molecule has 4 nitrogen and oxygen atoms in total. The SMILES string of the molecule is CCCCCNC(=O)C1CCN(C(=O)c2ccc(Cl)cc2)CC1. The van der Waals surface area contributed by atoms with E-state index < -0.39 is 0 Å². The van der Waals surface area contributed by atoms with Crippen molar-refractivity contribution in [3.8, 4) is 0 Å². The second-order valence-electron chi connectivity index (χ2n) is 6.07. The average Bonchev–Trinajstić information content (AvgIpc) is 2.59. The monoisotopic (exact) mass is 336 g/mol. The molecule has 1 aliphatic rings. The Morgan fingerprint density at radius 1 is 1.17 bits per heavy atom. The topological polar surface area (TPSA) is 49.4 Å². The molecule has 0 aliphatic carbocycles. The minimum Gasteiger partial charge on any atom is -0.356 e. The molecule has 0 aromatic heterocycles. The van der Waals surface area contributed by atoms with Crippen LogP contribution in [0, 0.1) is 5.92 Å². The second-order valence-corrected chi connectivity index (χ2v) is 6.51. The van der Waals surface area contributed by atoms with Crippen molar-refractivity contribution in [2.45, 2.75) is 39.0 Å². The number of likely N-dealkylation sites (tertiary alicyclic amines) is 1. The van der Waals surface area contributed by atoms with E-state index in [0.29, 0.717) is 23.7 Å². The van der Waals surface area contributed by atoms with Gasteiger partial charge in [-0.1, -0.05) is 31.4 Å². The van der Waals surface area contributed by atoms with Crippen molar-refractivity contribution >= 4 is 23.4 Å². The van der Waals surface area contributed by atoms with Gasteiger partial charge in [-0.3, -0.25) is 9.59 Å². The maximum atomic E-state index is 12.4. The fraction of sp³-hybridized carbons (Fsp3) is 0.556. The smallest absolute Gasteiger partial charge is 0.253 e. The van der Waals surface area contributed by atoms with Crippen LogP contribution >= 0.6 is 11.6 Å². The molecule has 1 heterocycles. The predicted octanol–water partition coefficient (Wildman–Crippen LogP) is 3.50. The highest BCUT2D eigenvalue weighted by molar-refractivity contribution is 6.30. The molecular weight excluding hydrogens is 312 g/mol. The molecule has 1 N–H and O–H groups in total. The first-order chi connectivity index (χ1) is 11.1. The van der Waals surface area contributed by atoms with Gasteiger partial charge in [0.25, 0.3) is 5.91 Å². The molecule has 2 rings (SSSR count). The highest BCUT2D eigenvalue weighted by atomic mass is 35.5. The van der Waals surface area contributed by atoms with E-state index in [2.05, 4.69) is 12.2 Å². The Hall–Kier alpha value is -1.55. The summed E-state index contributed by atoms with van der Waals surface area (Å²) in [5.74, 6) is 0.189. The molecule has 2 amide bonds. The Bertz CT molecular complexity index is 522. The van der Waals surface area contributed by atoms with Crippen molar-refractivity contribution in [1.82, 2.24) is 10.2 Å². The van der Waals surface area contributed by atoms with Gasteiger partial charge < -0.3 is 10.2 Å². The number of amides is 2. The van der Waals surface area contributed by atoms with Crippen LogP contribution < -0.4 is 5.32 Å². The first-order valence-corrected chi connectivity index (χ1v) is 8.82. The minimum absolute atomic E-state index is 0.0171. The van der Waals surface area contributed by atoms with E-state index in [1.807, 2.05) is 4.90 Å². The summed E-state index contributed by atoms with van der Waals surface area (Å²) in [6.45, 7) is 4.18. The third-order valence-electron chi connectivity index (χ3n) is 4.32. The van der Waals surface area contributed by atoms with Crippen LogP contribution in [0.2, 0.25) is 5.02 Å². The van der Waals surface area contributed by atoms with Crippen molar-refractivity contribution in [2.75, 3.05) is 19.6 Å². The van der Waals surface area contributed by atoms with Crippen molar-refractivity contribution in [3.63, 3.8) is 0 Å². The van der Waals surface area contributed by atoms with Gasteiger partial charge >= 0.3 is 0 Å². The van der Waals surface area contributed by atoms with Crippen LogP contribution in [0.25, 0.3) is 0 Å². The maximum Gasteiger partial charge on any atom is 0.253 e. The Labute approximate surface area is 143 Å². The molecule has 1 saturated heterocycles. The molecule has 1 fully saturated rings. The molecular formula is C18H25ClN2O2. The van der Waals surface area contributed by atoms with E-state index in [4.69, 9.17) is 11.6 Å². The number of benzene rings is 1. The Balaban J connectivity index is 1.78. The van der Waals surface area contributed by atoms with E-state index >= 15 is 0 Å². The lowest BCUT2D eigenvalue weighted by Gasteiger charge is -2.31. The highest BCUT2D eigenvalue weighted by Gasteiger charge is 2.27. The molecule has 0 unspecified atom stereocenters. The Kier molecular flexibility index (Phi) is 6.90. The third kappa shape index (κ3) is 5.24. The minimum atomic E-state index is 0.0171. The van der Waals surface area contributed by atoms with Crippen LogP contribution in [-0.4, -0.2) is 36.3 Å². The summed E-state index contributed by atoms with van der Waals surface area (Å²) in [7, 11) is 0. The zero-order valence-electron chi connectivity index (χ0n) is 13.7. The molecule has 126 valence electrons. The van der Waals surface area contributed by atoms with Crippen molar-refractivity contribution < 1.29 is 9.59 Å². The molecule has 0 spiro atoms. The number of halogens is 1. The molecule has 1 aliphatic heterocycles. The lowest BCUT2D eigenvalue weighted by Crippen LogP contribution is -2.43. The van der Waals surface area contributed by atoms with Crippen LogP contribution in [-0.2, 0) is 4.79 Å². The summed E-state index contributed by atoms with van der Waals surface area (Å²) >= 11 is 5.85. The lowest BCUT2D eigenvalue weighted by atomic mass is 9.95. The third-order valence-corrected chi connectivity index (χ3v) is 4.58. The number of carbonyl (C=O) groups excluding carboxylic acids is 2. The molecule has 0 radical (unpaired) electrons. The molecule has 1 aromatic carbocycles.